The number of nitrogens with one attached hydrogen (secondary N) is 1. The zero-order valence-corrected chi connectivity index (χ0v) is 15.6. The van der Waals surface area contributed by atoms with E-state index in [-0.39, 0.29) is 5.91 Å². The standard InChI is InChI=1S/C19H20ClN3OS/c1-13(16-5-6-17(20)25-16)22-9-11-23(12-10-22)19(24)15-4-2-3-14-7-8-21-18(14)15/h2-8,13,21H,9-12H2,1H3. The third-order valence-electron chi connectivity index (χ3n) is 4.97. The number of halogens is 1. The van der Waals surface area contributed by atoms with Gasteiger partial charge in [0.2, 0.25) is 0 Å². The van der Waals surface area contributed by atoms with Gasteiger partial charge in [0.05, 0.1) is 15.4 Å². The average molecular weight is 374 g/mol. The molecule has 0 radical (unpaired) electrons. The molecule has 130 valence electrons. The zero-order chi connectivity index (χ0) is 17.4. The summed E-state index contributed by atoms with van der Waals surface area (Å²) in [6, 6.07) is 12.3. The molecular formula is C19H20ClN3OS. The number of benzene rings is 1. The fourth-order valence-electron chi connectivity index (χ4n) is 3.48. The third-order valence-corrected chi connectivity index (χ3v) is 6.37. The zero-order valence-electron chi connectivity index (χ0n) is 14.0. The molecule has 1 fully saturated rings. The van der Waals surface area contributed by atoms with E-state index >= 15 is 0 Å². The Morgan fingerprint density at radius 2 is 1.96 bits per heavy atom. The lowest BCUT2D eigenvalue weighted by molar-refractivity contribution is 0.0586. The van der Waals surface area contributed by atoms with E-state index in [1.807, 2.05) is 41.4 Å². The monoisotopic (exact) mass is 373 g/mol. The van der Waals surface area contributed by atoms with Crippen molar-refractivity contribution < 1.29 is 4.79 Å². The Labute approximate surface area is 156 Å². The molecule has 0 saturated carbocycles. The molecule has 1 amide bonds. The van der Waals surface area contributed by atoms with Gasteiger partial charge in [-0.3, -0.25) is 9.69 Å². The van der Waals surface area contributed by atoms with Crippen molar-refractivity contribution in [2.45, 2.75) is 13.0 Å². The van der Waals surface area contributed by atoms with Crippen LogP contribution in [0.15, 0.2) is 42.6 Å². The molecule has 0 spiro atoms. The highest BCUT2D eigenvalue weighted by Crippen LogP contribution is 2.31. The molecule has 1 saturated heterocycles. The molecule has 0 aliphatic carbocycles. The summed E-state index contributed by atoms with van der Waals surface area (Å²) in [7, 11) is 0. The van der Waals surface area contributed by atoms with E-state index in [2.05, 4.69) is 22.9 Å². The van der Waals surface area contributed by atoms with Gasteiger partial charge in [0.1, 0.15) is 0 Å². The van der Waals surface area contributed by atoms with Crippen LogP contribution in [0.1, 0.15) is 28.2 Å². The minimum atomic E-state index is 0.111. The Morgan fingerprint density at radius 3 is 2.68 bits per heavy atom. The van der Waals surface area contributed by atoms with Gasteiger partial charge in [0.15, 0.2) is 0 Å². The summed E-state index contributed by atoms with van der Waals surface area (Å²) >= 11 is 7.69. The van der Waals surface area contributed by atoms with E-state index < -0.39 is 0 Å². The van der Waals surface area contributed by atoms with Gasteiger partial charge in [-0.25, -0.2) is 0 Å². The molecule has 4 nitrogen and oxygen atoms in total. The Balaban J connectivity index is 1.45. The topological polar surface area (TPSA) is 39.3 Å². The minimum absolute atomic E-state index is 0.111. The van der Waals surface area contributed by atoms with Crippen LogP contribution >= 0.6 is 22.9 Å². The maximum atomic E-state index is 12.9. The summed E-state index contributed by atoms with van der Waals surface area (Å²) < 4.78 is 0.828. The van der Waals surface area contributed by atoms with Gasteiger partial charge in [-0.05, 0) is 31.2 Å². The van der Waals surface area contributed by atoms with Crippen molar-refractivity contribution in [3.8, 4) is 0 Å². The predicted octanol–water partition coefficient (Wildman–Crippen LogP) is 4.40. The number of carbonyl (C=O) groups is 1. The number of para-hydroxylation sites is 1. The molecule has 2 aromatic heterocycles. The minimum Gasteiger partial charge on any atom is -0.361 e. The van der Waals surface area contributed by atoms with Crippen LogP contribution in [-0.2, 0) is 0 Å². The molecule has 1 unspecified atom stereocenters. The van der Waals surface area contributed by atoms with Crippen molar-refractivity contribution in [1.29, 1.82) is 0 Å². The highest BCUT2D eigenvalue weighted by molar-refractivity contribution is 7.16. The second-order valence-electron chi connectivity index (χ2n) is 6.39. The fourth-order valence-corrected chi connectivity index (χ4v) is 4.63. The Morgan fingerprint density at radius 1 is 1.16 bits per heavy atom. The van der Waals surface area contributed by atoms with Crippen LogP contribution in [0, 0.1) is 0 Å². The van der Waals surface area contributed by atoms with Crippen LogP contribution in [0.25, 0.3) is 10.9 Å². The lowest BCUT2D eigenvalue weighted by Gasteiger charge is -2.37. The van der Waals surface area contributed by atoms with Crippen LogP contribution in [0.3, 0.4) is 0 Å². The lowest BCUT2D eigenvalue weighted by Crippen LogP contribution is -2.49. The first kappa shape index (κ1) is 16.6. The van der Waals surface area contributed by atoms with Gasteiger partial charge in [-0.2, -0.15) is 0 Å². The quantitative estimate of drug-likeness (QED) is 0.739. The number of fused-ring (bicyclic) bond motifs is 1. The van der Waals surface area contributed by atoms with E-state index in [0.717, 1.165) is 47.0 Å². The number of aromatic nitrogens is 1. The summed E-state index contributed by atoms with van der Waals surface area (Å²) in [6.45, 7) is 5.46. The van der Waals surface area contributed by atoms with Crippen LogP contribution < -0.4 is 0 Å². The van der Waals surface area contributed by atoms with Gasteiger partial charge in [-0.1, -0.05) is 23.7 Å². The van der Waals surface area contributed by atoms with Crippen molar-refractivity contribution in [3.05, 3.63) is 57.4 Å². The summed E-state index contributed by atoms with van der Waals surface area (Å²) in [5.41, 5.74) is 1.69. The van der Waals surface area contributed by atoms with Crippen molar-refractivity contribution >= 4 is 39.7 Å². The average Bonchev–Trinajstić information content (AvgIpc) is 3.29. The number of H-pyrrole nitrogens is 1. The predicted molar refractivity (Wildman–Crippen MR) is 104 cm³/mol. The number of hydrogen-bond acceptors (Lipinski definition) is 3. The third kappa shape index (κ3) is 3.19. The van der Waals surface area contributed by atoms with Crippen LogP contribution in [0.4, 0.5) is 0 Å². The van der Waals surface area contributed by atoms with Gasteiger partial charge < -0.3 is 9.88 Å². The number of piperazine rings is 1. The van der Waals surface area contributed by atoms with Gasteiger partial charge in [0, 0.05) is 48.7 Å². The molecule has 3 aromatic rings. The Hall–Kier alpha value is -1.82. The van der Waals surface area contributed by atoms with Crippen molar-refractivity contribution in [3.63, 3.8) is 0 Å². The number of nitrogens with zero attached hydrogens (tertiary/aromatic N) is 2. The van der Waals surface area contributed by atoms with E-state index in [4.69, 9.17) is 11.6 Å². The van der Waals surface area contributed by atoms with E-state index in [0.29, 0.717) is 6.04 Å². The normalized spacial score (nSPS) is 17.1. The molecule has 25 heavy (non-hydrogen) atoms. The highest BCUT2D eigenvalue weighted by atomic mass is 35.5. The molecule has 0 bridgehead atoms. The molecule has 1 aliphatic rings. The molecular weight excluding hydrogens is 354 g/mol. The van der Waals surface area contributed by atoms with Crippen molar-refractivity contribution in [2.75, 3.05) is 26.2 Å². The van der Waals surface area contributed by atoms with Crippen LogP contribution in [0.5, 0.6) is 0 Å². The molecule has 6 heteroatoms. The summed E-state index contributed by atoms with van der Waals surface area (Å²) in [6.07, 6.45) is 1.88. The number of thiophene rings is 1. The molecule has 1 aromatic carbocycles. The van der Waals surface area contributed by atoms with Crippen molar-refractivity contribution in [2.24, 2.45) is 0 Å². The van der Waals surface area contributed by atoms with Gasteiger partial charge in [0.25, 0.3) is 5.91 Å². The molecule has 3 heterocycles. The summed E-state index contributed by atoms with van der Waals surface area (Å²) in [5, 5.41) is 1.08. The smallest absolute Gasteiger partial charge is 0.256 e. The Kier molecular flexibility index (Phi) is 4.54. The fraction of sp³-hybridized carbons (Fsp3) is 0.316. The second kappa shape index (κ2) is 6.83. The Bertz CT molecular complexity index is 895. The van der Waals surface area contributed by atoms with Crippen LogP contribution in [0.2, 0.25) is 4.34 Å². The molecule has 1 atom stereocenters. The lowest BCUT2D eigenvalue weighted by atomic mass is 10.1. The number of amides is 1. The van der Waals surface area contributed by atoms with E-state index in [1.54, 1.807) is 11.3 Å². The maximum absolute atomic E-state index is 12.9. The van der Waals surface area contributed by atoms with Crippen molar-refractivity contribution in [1.82, 2.24) is 14.8 Å². The second-order valence-corrected chi connectivity index (χ2v) is 8.14. The number of rotatable bonds is 3. The largest absolute Gasteiger partial charge is 0.361 e. The maximum Gasteiger partial charge on any atom is 0.256 e. The van der Waals surface area contributed by atoms with Gasteiger partial charge >= 0.3 is 0 Å². The number of hydrogen-bond donors (Lipinski definition) is 1. The first-order chi connectivity index (χ1) is 12.1. The first-order valence-electron chi connectivity index (χ1n) is 8.48. The highest BCUT2D eigenvalue weighted by Gasteiger charge is 2.26. The number of carbonyl (C=O) groups excluding carboxylic acids is 1. The molecule has 1 aliphatic heterocycles. The molecule has 1 N–H and O–H groups in total. The first-order valence-corrected chi connectivity index (χ1v) is 9.67. The number of aromatic amines is 1. The van der Waals surface area contributed by atoms with E-state index in [9.17, 15) is 4.79 Å². The van der Waals surface area contributed by atoms with Crippen LogP contribution in [-0.4, -0.2) is 46.9 Å². The van der Waals surface area contributed by atoms with Gasteiger partial charge in [-0.15, -0.1) is 11.3 Å². The summed E-state index contributed by atoms with van der Waals surface area (Å²) in [5.74, 6) is 0.111. The van der Waals surface area contributed by atoms with E-state index in [1.165, 1.54) is 4.88 Å². The molecule has 4 rings (SSSR count). The summed E-state index contributed by atoms with van der Waals surface area (Å²) in [4.78, 5) is 21.8. The SMILES string of the molecule is CC(c1ccc(Cl)s1)N1CCN(C(=O)c2cccc3cc[nH]c23)CC1.